The Balaban J connectivity index is 2.08. The second-order valence-corrected chi connectivity index (χ2v) is 3.05. The van der Waals surface area contributed by atoms with Gasteiger partial charge in [0, 0.05) is 0 Å². The Labute approximate surface area is 55.7 Å². The van der Waals surface area contributed by atoms with Gasteiger partial charge in [0.1, 0.15) is 6.10 Å². The average molecular weight is 124 g/mol. The normalized spacial score (nSPS) is 47.2. The van der Waals surface area contributed by atoms with Crippen molar-refractivity contribution < 1.29 is 4.74 Å². The minimum absolute atomic E-state index is 0.468. The molecule has 1 heterocycles. The third-order valence-corrected chi connectivity index (χ3v) is 2.44. The molecule has 1 heteroatoms. The van der Waals surface area contributed by atoms with Gasteiger partial charge in [-0.15, -0.1) is 0 Å². The third kappa shape index (κ3) is 0.645. The van der Waals surface area contributed by atoms with Crippen LogP contribution in [0.2, 0.25) is 0 Å². The van der Waals surface area contributed by atoms with Crippen LogP contribution in [0.15, 0.2) is 12.2 Å². The lowest BCUT2D eigenvalue weighted by Crippen LogP contribution is -2.00. The summed E-state index contributed by atoms with van der Waals surface area (Å²) in [4.78, 5) is 0. The van der Waals surface area contributed by atoms with E-state index in [9.17, 15) is 0 Å². The predicted octanol–water partition coefficient (Wildman–Crippen LogP) is 1.74. The Morgan fingerprint density at radius 1 is 1.78 bits per heavy atom. The topological polar surface area (TPSA) is 12.5 Å². The predicted molar refractivity (Wildman–Crippen MR) is 36.2 cm³/mol. The lowest BCUT2D eigenvalue weighted by molar-refractivity contribution is 0.290. The summed E-state index contributed by atoms with van der Waals surface area (Å²) in [5, 5.41) is 0. The van der Waals surface area contributed by atoms with Crippen LogP contribution >= 0.6 is 0 Å². The second-order valence-electron chi connectivity index (χ2n) is 3.05. The highest BCUT2D eigenvalue weighted by molar-refractivity contribution is 5.22. The van der Waals surface area contributed by atoms with Crippen molar-refractivity contribution in [1.82, 2.24) is 0 Å². The van der Waals surface area contributed by atoms with Crippen LogP contribution in [-0.2, 0) is 4.74 Å². The maximum atomic E-state index is 5.37. The van der Waals surface area contributed by atoms with Gasteiger partial charge in [-0.1, -0.05) is 19.9 Å². The molecule has 0 radical (unpaired) electrons. The molecule has 0 amide bonds. The molecule has 1 aliphatic carbocycles. The van der Waals surface area contributed by atoms with E-state index in [4.69, 9.17) is 4.74 Å². The van der Waals surface area contributed by atoms with Gasteiger partial charge in [-0.25, -0.2) is 0 Å². The van der Waals surface area contributed by atoms with E-state index >= 15 is 0 Å². The van der Waals surface area contributed by atoms with Crippen molar-refractivity contribution in [2.75, 3.05) is 0 Å². The van der Waals surface area contributed by atoms with Gasteiger partial charge in [-0.05, 0) is 17.9 Å². The molecule has 0 aromatic heterocycles. The summed E-state index contributed by atoms with van der Waals surface area (Å²) in [6.07, 6.45) is 3.50. The van der Waals surface area contributed by atoms with Crippen molar-refractivity contribution in [2.45, 2.75) is 32.0 Å². The molecule has 0 bridgehead atoms. The van der Waals surface area contributed by atoms with Crippen LogP contribution in [0.5, 0.6) is 0 Å². The molecule has 2 fully saturated rings. The maximum Gasteiger partial charge on any atom is 0.105 e. The van der Waals surface area contributed by atoms with Crippen LogP contribution in [0.25, 0.3) is 0 Å². The van der Waals surface area contributed by atoms with Gasteiger partial charge < -0.3 is 4.74 Å². The fourth-order valence-corrected chi connectivity index (χ4v) is 1.76. The van der Waals surface area contributed by atoms with Crippen molar-refractivity contribution >= 4 is 0 Å². The first-order valence-corrected chi connectivity index (χ1v) is 3.66. The first-order valence-electron chi connectivity index (χ1n) is 3.66. The fourth-order valence-electron chi connectivity index (χ4n) is 1.76. The molecule has 3 unspecified atom stereocenters. The molecule has 2 rings (SSSR count). The summed E-state index contributed by atoms with van der Waals surface area (Å²) < 4.78 is 5.37. The zero-order valence-corrected chi connectivity index (χ0v) is 5.76. The van der Waals surface area contributed by atoms with E-state index in [1.807, 2.05) is 0 Å². The quantitative estimate of drug-likeness (QED) is 0.383. The van der Waals surface area contributed by atoms with Crippen molar-refractivity contribution in [2.24, 2.45) is 5.92 Å². The lowest BCUT2D eigenvalue weighted by Gasteiger charge is -2.04. The summed E-state index contributed by atoms with van der Waals surface area (Å²) >= 11 is 0. The molecule has 0 N–H and O–H groups in total. The van der Waals surface area contributed by atoms with Crippen LogP contribution in [0, 0.1) is 5.92 Å². The van der Waals surface area contributed by atoms with Crippen molar-refractivity contribution in [3.8, 4) is 0 Å². The van der Waals surface area contributed by atoms with Crippen molar-refractivity contribution in [1.29, 1.82) is 0 Å². The zero-order chi connectivity index (χ0) is 6.43. The van der Waals surface area contributed by atoms with Gasteiger partial charge in [-0.3, -0.25) is 0 Å². The Morgan fingerprint density at radius 3 is 2.78 bits per heavy atom. The number of fused-ring (bicyclic) bond motifs is 1. The average Bonchev–Trinajstić information content (AvgIpc) is 2.56. The SMILES string of the molecule is C=C1CC(CC)C2OC12. The highest BCUT2D eigenvalue weighted by Gasteiger charge is 2.51. The van der Waals surface area contributed by atoms with Crippen LogP contribution in [0.3, 0.4) is 0 Å². The molecule has 9 heavy (non-hydrogen) atoms. The molecule has 50 valence electrons. The highest BCUT2D eigenvalue weighted by Crippen LogP contribution is 2.46. The van der Waals surface area contributed by atoms with Crippen molar-refractivity contribution in [3.05, 3.63) is 12.2 Å². The Morgan fingerprint density at radius 2 is 2.56 bits per heavy atom. The summed E-state index contributed by atoms with van der Waals surface area (Å²) in [5.41, 5.74) is 1.33. The summed E-state index contributed by atoms with van der Waals surface area (Å²) in [6.45, 7) is 6.17. The van der Waals surface area contributed by atoms with E-state index < -0.39 is 0 Å². The molecule has 0 spiro atoms. The fraction of sp³-hybridized carbons (Fsp3) is 0.750. The van der Waals surface area contributed by atoms with E-state index in [0.29, 0.717) is 12.2 Å². The molecule has 2 aliphatic rings. The van der Waals surface area contributed by atoms with Gasteiger partial charge in [0.15, 0.2) is 0 Å². The molecule has 1 nitrogen and oxygen atoms in total. The largest absolute Gasteiger partial charge is 0.365 e. The number of rotatable bonds is 1. The number of hydrogen-bond acceptors (Lipinski definition) is 1. The summed E-state index contributed by atoms with van der Waals surface area (Å²) in [7, 11) is 0. The molecule has 0 aromatic carbocycles. The standard InChI is InChI=1S/C8H12O/c1-3-6-4-5(2)7-8(6)9-7/h6-8H,2-4H2,1H3. The van der Waals surface area contributed by atoms with Crippen LogP contribution < -0.4 is 0 Å². The molecule has 1 saturated carbocycles. The lowest BCUT2D eigenvalue weighted by atomic mass is 10.0. The minimum atomic E-state index is 0.468. The van der Waals surface area contributed by atoms with E-state index in [1.54, 1.807) is 0 Å². The minimum Gasteiger partial charge on any atom is -0.365 e. The number of hydrogen-bond donors (Lipinski definition) is 0. The van der Waals surface area contributed by atoms with Gasteiger partial charge in [0.25, 0.3) is 0 Å². The van der Waals surface area contributed by atoms with E-state index in [2.05, 4.69) is 13.5 Å². The number of ether oxygens (including phenoxy) is 1. The Bertz CT molecular complexity index is 151. The smallest absolute Gasteiger partial charge is 0.105 e. The Hall–Kier alpha value is -0.300. The third-order valence-electron chi connectivity index (χ3n) is 2.44. The monoisotopic (exact) mass is 124 g/mol. The first-order chi connectivity index (χ1) is 4.33. The van der Waals surface area contributed by atoms with Gasteiger partial charge in [-0.2, -0.15) is 0 Å². The Kier molecular flexibility index (Phi) is 0.974. The van der Waals surface area contributed by atoms with E-state index in [1.165, 1.54) is 18.4 Å². The van der Waals surface area contributed by atoms with Gasteiger partial charge in [0.2, 0.25) is 0 Å². The molecular weight excluding hydrogens is 112 g/mol. The van der Waals surface area contributed by atoms with E-state index in [0.717, 1.165) is 5.92 Å². The van der Waals surface area contributed by atoms with Gasteiger partial charge >= 0.3 is 0 Å². The maximum absolute atomic E-state index is 5.37. The van der Waals surface area contributed by atoms with Crippen molar-refractivity contribution in [3.63, 3.8) is 0 Å². The van der Waals surface area contributed by atoms with E-state index in [-0.39, 0.29) is 0 Å². The van der Waals surface area contributed by atoms with Crippen LogP contribution in [0.4, 0.5) is 0 Å². The van der Waals surface area contributed by atoms with Crippen LogP contribution in [0.1, 0.15) is 19.8 Å². The summed E-state index contributed by atoms with van der Waals surface area (Å²) in [6, 6.07) is 0. The first kappa shape index (κ1) is 5.48. The van der Waals surface area contributed by atoms with Gasteiger partial charge in [0.05, 0.1) is 6.10 Å². The highest BCUT2D eigenvalue weighted by atomic mass is 16.6. The molecule has 0 aromatic rings. The molecular formula is C8H12O. The summed E-state index contributed by atoms with van der Waals surface area (Å²) in [5.74, 6) is 0.794. The molecule has 1 saturated heterocycles. The van der Waals surface area contributed by atoms with Crippen LogP contribution in [-0.4, -0.2) is 12.2 Å². The number of epoxide rings is 1. The molecule has 3 atom stereocenters. The molecule has 1 aliphatic heterocycles. The zero-order valence-electron chi connectivity index (χ0n) is 5.76. The second kappa shape index (κ2) is 1.60.